The minimum absolute atomic E-state index is 0.204. The number of nitrogen functional groups attached to an aromatic ring is 1. The number of methoxy groups -OCH3 is 1. The van der Waals surface area contributed by atoms with Crippen molar-refractivity contribution < 1.29 is 4.74 Å². The molecule has 1 unspecified atom stereocenters. The highest BCUT2D eigenvalue weighted by Crippen LogP contribution is 2.24. The Bertz CT molecular complexity index is 392. The highest BCUT2D eigenvalue weighted by molar-refractivity contribution is 5.43. The standard InChI is InChI=1S/C13H21N3O/c1-9(8-17-2)13-15-11-7-5-3-4-6-10(11)12(14)16-13/h9H,3-8H2,1-2H3,(H2,14,15,16). The lowest BCUT2D eigenvalue weighted by Gasteiger charge is -2.14. The molecule has 2 N–H and O–H groups in total. The lowest BCUT2D eigenvalue weighted by atomic mass is 10.1. The first kappa shape index (κ1) is 12.3. The van der Waals surface area contributed by atoms with Gasteiger partial charge in [0.1, 0.15) is 11.6 Å². The summed E-state index contributed by atoms with van der Waals surface area (Å²) in [4.78, 5) is 9.11. The van der Waals surface area contributed by atoms with Gasteiger partial charge < -0.3 is 10.5 Å². The van der Waals surface area contributed by atoms with Crippen LogP contribution in [0.4, 0.5) is 5.82 Å². The highest BCUT2D eigenvalue weighted by Gasteiger charge is 2.17. The van der Waals surface area contributed by atoms with Crippen LogP contribution in [0, 0.1) is 0 Å². The summed E-state index contributed by atoms with van der Waals surface area (Å²) in [7, 11) is 1.70. The van der Waals surface area contributed by atoms with Gasteiger partial charge in [0, 0.05) is 24.3 Å². The summed E-state index contributed by atoms with van der Waals surface area (Å²) < 4.78 is 5.15. The fourth-order valence-corrected chi connectivity index (χ4v) is 2.36. The van der Waals surface area contributed by atoms with Gasteiger partial charge >= 0.3 is 0 Å². The number of anilines is 1. The second-order valence-electron chi connectivity index (χ2n) is 4.81. The topological polar surface area (TPSA) is 61.0 Å². The number of nitrogens with two attached hydrogens (primary N) is 1. The second kappa shape index (κ2) is 5.45. The molecule has 1 atom stereocenters. The summed E-state index contributed by atoms with van der Waals surface area (Å²) in [5, 5.41) is 0. The van der Waals surface area contributed by atoms with Crippen molar-refractivity contribution in [3.05, 3.63) is 17.1 Å². The molecule has 1 heterocycles. The summed E-state index contributed by atoms with van der Waals surface area (Å²) in [5.41, 5.74) is 8.39. The van der Waals surface area contributed by atoms with Gasteiger partial charge in [-0.1, -0.05) is 13.3 Å². The molecule has 2 rings (SSSR count). The molecule has 1 aliphatic carbocycles. The van der Waals surface area contributed by atoms with Gasteiger partial charge in [-0.3, -0.25) is 0 Å². The molecule has 0 amide bonds. The molecular weight excluding hydrogens is 214 g/mol. The molecule has 0 aliphatic heterocycles. The van der Waals surface area contributed by atoms with E-state index >= 15 is 0 Å². The zero-order valence-electron chi connectivity index (χ0n) is 10.7. The molecule has 0 bridgehead atoms. The van der Waals surface area contributed by atoms with Crippen LogP contribution >= 0.6 is 0 Å². The molecule has 0 radical (unpaired) electrons. The van der Waals surface area contributed by atoms with Gasteiger partial charge in [-0.05, 0) is 25.7 Å². The maximum Gasteiger partial charge on any atom is 0.136 e. The van der Waals surface area contributed by atoms with Crippen molar-refractivity contribution in [2.75, 3.05) is 19.5 Å². The third-order valence-corrected chi connectivity index (χ3v) is 3.34. The maximum absolute atomic E-state index is 6.05. The molecule has 4 heteroatoms. The Balaban J connectivity index is 2.31. The molecule has 0 spiro atoms. The molecule has 0 aromatic carbocycles. The Kier molecular flexibility index (Phi) is 3.94. The first-order valence-electron chi connectivity index (χ1n) is 6.36. The molecule has 94 valence electrons. The smallest absolute Gasteiger partial charge is 0.136 e. The number of ether oxygens (including phenoxy) is 1. The van der Waals surface area contributed by atoms with Gasteiger partial charge in [0.2, 0.25) is 0 Å². The van der Waals surface area contributed by atoms with Gasteiger partial charge in [0.15, 0.2) is 0 Å². The monoisotopic (exact) mass is 235 g/mol. The molecule has 1 aliphatic rings. The van der Waals surface area contributed by atoms with Crippen molar-refractivity contribution in [1.29, 1.82) is 0 Å². The maximum atomic E-state index is 6.05. The van der Waals surface area contributed by atoms with Crippen LogP contribution in [0.3, 0.4) is 0 Å². The SMILES string of the molecule is COCC(C)c1nc(N)c2c(n1)CCCCC2. The van der Waals surface area contributed by atoms with Crippen molar-refractivity contribution in [3.63, 3.8) is 0 Å². The fourth-order valence-electron chi connectivity index (χ4n) is 2.36. The zero-order valence-corrected chi connectivity index (χ0v) is 10.7. The predicted octanol–water partition coefficient (Wildman–Crippen LogP) is 2.08. The van der Waals surface area contributed by atoms with Crippen molar-refractivity contribution in [2.45, 2.75) is 44.9 Å². The molecule has 0 saturated carbocycles. The van der Waals surface area contributed by atoms with Gasteiger partial charge in [-0.15, -0.1) is 0 Å². The third-order valence-electron chi connectivity index (χ3n) is 3.34. The number of nitrogens with zero attached hydrogens (tertiary/aromatic N) is 2. The highest BCUT2D eigenvalue weighted by atomic mass is 16.5. The normalized spacial score (nSPS) is 17.3. The summed E-state index contributed by atoms with van der Waals surface area (Å²) in [6.45, 7) is 2.71. The summed E-state index contributed by atoms with van der Waals surface area (Å²) in [6.07, 6.45) is 5.74. The van der Waals surface area contributed by atoms with Gasteiger partial charge in [0.25, 0.3) is 0 Å². The van der Waals surface area contributed by atoms with E-state index < -0.39 is 0 Å². The Labute approximate surface area is 103 Å². The average molecular weight is 235 g/mol. The molecule has 0 fully saturated rings. The minimum atomic E-state index is 0.204. The molecule has 4 nitrogen and oxygen atoms in total. The zero-order chi connectivity index (χ0) is 12.3. The fraction of sp³-hybridized carbons (Fsp3) is 0.692. The number of rotatable bonds is 3. The van der Waals surface area contributed by atoms with Crippen molar-refractivity contribution in [3.8, 4) is 0 Å². The van der Waals surface area contributed by atoms with Crippen LogP contribution in [0.15, 0.2) is 0 Å². The van der Waals surface area contributed by atoms with Crippen LogP contribution in [0.1, 0.15) is 49.2 Å². The van der Waals surface area contributed by atoms with Crippen LogP contribution in [0.5, 0.6) is 0 Å². The van der Waals surface area contributed by atoms with E-state index in [1.54, 1.807) is 7.11 Å². The minimum Gasteiger partial charge on any atom is -0.384 e. The van der Waals surface area contributed by atoms with Crippen LogP contribution in [-0.4, -0.2) is 23.7 Å². The lowest BCUT2D eigenvalue weighted by Crippen LogP contribution is -2.13. The summed E-state index contributed by atoms with van der Waals surface area (Å²) in [6, 6.07) is 0. The molecule has 17 heavy (non-hydrogen) atoms. The molecule has 1 aromatic rings. The Morgan fingerprint density at radius 3 is 2.76 bits per heavy atom. The van der Waals surface area contributed by atoms with Crippen LogP contribution in [0.25, 0.3) is 0 Å². The molecule has 0 saturated heterocycles. The lowest BCUT2D eigenvalue weighted by molar-refractivity contribution is 0.181. The van der Waals surface area contributed by atoms with E-state index in [9.17, 15) is 0 Å². The van der Waals surface area contributed by atoms with E-state index in [0.717, 1.165) is 24.4 Å². The van der Waals surface area contributed by atoms with Crippen LogP contribution in [-0.2, 0) is 17.6 Å². The third kappa shape index (κ3) is 2.75. The summed E-state index contributed by atoms with van der Waals surface area (Å²) >= 11 is 0. The first-order chi connectivity index (χ1) is 8.22. The van der Waals surface area contributed by atoms with E-state index in [1.807, 2.05) is 0 Å². The van der Waals surface area contributed by atoms with E-state index in [0.29, 0.717) is 12.4 Å². The van der Waals surface area contributed by atoms with Gasteiger partial charge in [-0.25, -0.2) is 9.97 Å². The first-order valence-corrected chi connectivity index (χ1v) is 6.36. The summed E-state index contributed by atoms with van der Waals surface area (Å²) in [5.74, 6) is 1.70. The Morgan fingerprint density at radius 1 is 1.24 bits per heavy atom. The number of aromatic nitrogens is 2. The van der Waals surface area contributed by atoms with Crippen molar-refractivity contribution in [2.24, 2.45) is 0 Å². The predicted molar refractivity (Wildman–Crippen MR) is 68.0 cm³/mol. The Morgan fingerprint density at radius 2 is 2.00 bits per heavy atom. The number of aryl methyl sites for hydroxylation is 1. The quantitative estimate of drug-likeness (QED) is 0.815. The van der Waals surface area contributed by atoms with E-state index in [-0.39, 0.29) is 5.92 Å². The largest absolute Gasteiger partial charge is 0.384 e. The number of hydrogen-bond acceptors (Lipinski definition) is 4. The Hall–Kier alpha value is -1.16. The van der Waals surface area contributed by atoms with Crippen LogP contribution in [0.2, 0.25) is 0 Å². The van der Waals surface area contributed by atoms with Gasteiger partial charge in [-0.2, -0.15) is 0 Å². The van der Waals surface area contributed by atoms with E-state index in [2.05, 4.69) is 16.9 Å². The van der Waals surface area contributed by atoms with Gasteiger partial charge in [0.05, 0.1) is 6.61 Å². The van der Waals surface area contributed by atoms with Crippen molar-refractivity contribution in [1.82, 2.24) is 9.97 Å². The average Bonchev–Trinajstić information content (AvgIpc) is 2.54. The number of fused-ring (bicyclic) bond motifs is 1. The second-order valence-corrected chi connectivity index (χ2v) is 4.81. The molecule has 1 aromatic heterocycles. The van der Waals surface area contributed by atoms with E-state index in [4.69, 9.17) is 10.5 Å². The van der Waals surface area contributed by atoms with Crippen LogP contribution < -0.4 is 5.73 Å². The molecular formula is C13H21N3O. The van der Waals surface area contributed by atoms with Crippen molar-refractivity contribution >= 4 is 5.82 Å². The number of hydrogen-bond donors (Lipinski definition) is 1. The van der Waals surface area contributed by atoms with E-state index in [1.165, 1.54) is 24.8 Å².